The van der Waals surface area contributed by atoms with Gasteiger partial charge in [-0.1, -0.05) is 48.6 Å². The molecule has 10 rings (SSSR count). The first-order valence-corrected chi connectivity index (χ1v) is 15.9. The van der Waals surface area contributed by atoms with Crippen molar-refractivity contribution in [3.05, 3.63) is 136 Å². The maximum absolute atomic E-state index is 4.93. The Morgan fingerprint density at radius 2 is 1.39 bits per heavy atom. The van der Waals surface area contributed by atoms with Crippen molar-refractivity contribution < 1.29 is 0 Å². The van der Waals surface area contributed by atoms with Crippen LogP contribution in [0.25, 0.3) is 38.8 Å². The molecule has 0 radical (unpaired) electrons. The maximum atomic E-state index is 4.93. The summed E-state index contributed by atoms with van der Waals surface area (Å²) in [6.07, 6.45) is 17.3. The maximum Gasteiger partial charge on any atom is 0.137 e. The van der Waals surface area contributed by atoms with Crippen molar-refractivity contribution in [1.29, 1.82) is 0 Å². The predicted molar refractivity (Wildman–Crippen MR) is 179 cm³/mol. The number of fused-ring (bicyclic) bond motifs is 8. The second kappa shape index (κ2) is 8.79. The van der Waals surface area contributed by atoms with Crippen LogP contribution >= 0.6 is 0 Å². The second-order valence-corrected chi connectivity index (χ2v) is 13.0. The van der Waals surface area contributed by atoms with E-state index in [0.29, 0.717) is 5.92 Å². The molecular weight excluding hydrogens is 536 g/mol. The van der Waals surface area contributed by atoms with Gasteiger partial charge in [-0.05, 0) is 126 Å². The van der Waals surface area contributed by atoms with Gasteiger partial charge in [0, 0.05) is 29.1 Å². The highest BCUT2D eigenvalue weighted by molar-refractivity contribution is 6.13. The smallest absolute Gasteiger partial charge is 0.137 e. The fourth-order valence-corrected chi connectivity index (χ4v) is 8.72. The van der Waals surface area contributed by atoms with Crippen LogP contribution in [-0.4, -0.2) is 20.6 Å². The van der Waals surface area contributed by atoms with Gasteiger partial charge in [0.05, 0.1) is 22.8 Å². The van der Waals surface area contributed by atoms with Gasteiger partial charge in [-0.3, -0.25) is 4.57 Å². The SMILES string of the molecule is Cc1ccnc(N2c3c(cc4c5c3CCc3cc6c7ccccc7n(-c7cc(C)ccn7)c6c(c3-5)CC4)C3C=CC=CC32)c1. The molecule has 0 N–H and O–H groups in total. The molecule has 0 saturated heterocycles. The number of nitrogens with zero attached hydrogens (tertiary/aromatic N) is 4. The lowest BCUT2D eigenvalue weighted by Crippen LogP contribution is -2.30. The number of allylic oxidation sites excluding steroid dienone is 2. The molecule has 0 bridgehead atoms. The van der Waals surface area contributed by atoms with E-state index in [-0.39, 0.29) is 6.04 Å². The molecule has 0 amide bonds. The Bertz CT molecular complexity index is 2280. The van der Waals surface area contributed by atoms with E-state index in [9.17, 15) is 0 Å². The number of rotatable bonds is 2. The Morgan fingerprint density at radius 1 is 0.682 bits per heavy atom. The van der Waals surface area contributed by atoms with Crippen molar-refractivity contribution in [2.24, 2.45) is 0 Å². The summed E-state index contributed by atoms with van der Waals surface area (Å²) < 4.78 is 2.44. The minimum absolute atomic E-state index is 0.252. The van der Waals surface area contributed by atoms with Crippen molar-refractivity contribution in [1.82, 2.24) is 14.5 Å². The molecule has 4 heterocycles. The van der Waals surface area contributed by atoms with Gasteiger partial charge in [-0.2, -0.15) is 0 Å². The third kappa shape index (κ3) is 3.18. The molecule has 4 heteroatoms. The monoisotopic (exact) mass is 568 g/mol. The minimum atomic E-state index is 0.252. The van der Waals surface area contributed by atoms with Crippen LogP contribution in [0.5, 0.6) is 0 Å². The normalized spacial score (nSPS) is 19.0. The van der Waals surface area contributed by atoms with E-state index in [0.717, 1.165) is 37.3 Å². The minimum Gasteiger partial charge on any atom is -0.318 e. The van der Waals surface area contributed by atoms with Gasteiger partial charge in [-0.25, -0.2) is 9.97 Å². The van der Waals surface area contributed by atoms with Gasteiger partial charge >= 0.3 is 0 Å². The van der Waals surface area contributed by atoms with E-state index in [1.807, 2.05) is 12.4 Å². The van der Waals surface area contributed by atoms with E-state index in [4.69, 9.17) is 9.97 Å². The molecule has 3 aliphatic carbocycles. The fraction of sp³-hybridized carbons (Fsp3) is 0.200. The molecule has 0 fully saturated rings. The number of hydrogen-bond donors (Lipinski definition) is 0. The molecule has 4 nitrogen and oxygen atoms in total. The van der Waals surface area contributed by atoms with Crippen LogP contribution in [0.3, 0.4) is 0 Å². The number of benzene rings is 3. The lowest BCUT2D eigenvalue weighted by atomic mass is 9.73. The first-order valence-electron chi connectivity index (χ1n) is 15.9. The molecule has 44 heavy (non-hydrogen) atoms. The molecule has 3 aromatic heterocycles. The summed E-state index contributed by atoms with van der Waals surface area (Å²) in [5.41, 5.74) is 16.9. The summed E-state index contributed by atoms with van der Waals surface area (Å²) in [5.74, 6) is 2.40. The van der Waals surface area contributed by atoms with Gasteiger partial charge in [0.25, 0.3) is 0 Å². The lowest BCUT2D eigenvalue weighted by molar-refractivity contribution is 0.736. The molecule has 3 aromatic carbocycles. The van der Waals surface area contributed by atoms with Gasteiger partial charge in [0.2, 0.25) is 0 Å². The summed E-state index contributed by atoms with van der Waals surface area (Å²) >= 11 is 0. The summed E-state index contributed by atoms with van der Waals surface area (Å²) in [5, 5.41) is 2.67. The standard InChI is InChI=1S/C40H32N4/c1-23-15-17-41-35(19-23)43-33-9-5-3-7-27(33)31-21-25-12-14-30-38-26(11-13-29(37(25)38)39(31)43)22-32-28-8-4-6-10-34(28)44(40(30)32)36-20-24(2)16-18-42-36/h3-10,15-22,27,33H,11-14H2,1-2H3. The quantitative estimate of drug-likeness (QED) is 0.209. The van der Waals surface area contributed by atoms with Crippen molar-refractivity contribution in [2.45, 2.75) is 51.5 Å². The van der Waals surface area contributed by atoms with Crippen LogP contribution in [0.4, 0.5) is 11.5 Å². The van der Waals surface area contributed by atoms with Crippen molar-refractivity contribution in [2.75, 3.05) is 4.90 Å². The third-order valence-electron chi connectivity index (χ3n) is 10.5. The fourth-order valence-electron chi connectivity index (χ4n) is 8.72. The van der Waals surface area contributed by atoms with Crippen LogP contribution in [-0.2, 0) is 25.7 Å². The number of pyridine rings is 2. The van der Waals surface area contributed by atoms with E-state index in [1.165, 1.54) is 77.6 Å². The molecule has 4 aliphatic rings. The molecule has 1 aliphatic heterocycles. The number of aromatic nitrogens is 3. The lowest BCUT2D eigenvalue weighted by Gasteiger charge is -2.34. The average Bonchev–Trinajstić information content (AvgIpc) is 3.56. The van der Waals surface area contributed by atoms with Crippen molar-refractivity contribution >= 4 is 33.3 Å². The van der Waals surface area contributed by atoms with Crippen molar-refractivity contribution in [3.63, 3.8) is 0 Å². The first-order chi connectivity index (χ1) is 21.7. The number of hydrogen-bond acceptors (Lipinski definition) is 3. The number of aryl methyl sites for hydroxylation is 5. The van der Waals surface area contributed by atoms with Gasteiger partial charge in [0.1, 0.15) is 11.6 Å². The van der Waals surface area contributed by atoms with E-state index in [2.05, 4.69) is 108 Å². The highest BCUT2D eigenvalue weighted by atomic mass is 15.2. The van der Waals surface area contributed by atoms with Crippen molar-refractivity contribution in [3.8, 4) is 16.9 Å². The van der Waals surface area contributed by atoms with Crippen LogP contribution in [0, 0.1) is 13.8 Å². The molecule has 2 unspecified atom stereocenters. The Balaban J connectivity index is 1.29. The summed E-state index contributed by atoms with van der Waals surface area (Å²) in [6, 6.07) is 22.9. The van der Waals surface area contributed by atoms with Gasteiger partial charge < -0.3 is 4.90 Å². The summed E-state index contributed by atoms with van der Waals surface area (Å²) in [7, 11) is 0. The molecule has 212 valence electrons. The highest BCUT2D eigenvalue weighted by Crippen LogP contribution is 2.56. The largest absolute Gasteiger partial charge is 0.318 e. The van der Waals surface area contributed by atoms with Crippen LogP contribution in [0.2, 0.25) is 0 Å². The van der Waals surface area contributed by atoms with Crippen LogP contribution < -0.4 is 4.90 Å². The van der Waals surface area contributed by atoms with E-state index in [1.54, 1.807) is 0 Å². The van der Waals surface area contributed by atoms with Crippen LogP contribution in [0.15, 0.2) is 97.4 Å². The summed E-state index contributed by atoms with van der Waals surface area (Å²) in [6.45, 7) is 4.33. The topological polar surface area (TPSA) is 34.0 Å². The molecule has 2 atom stereocenters. The Morgan fingerprint density at radius 3 is 2.23 bits per heavy atom. The predicted octanol–water partition coefficient (Wildman–Crippen LogP) is 8.78. The number of para-hydroxylation sites is 1. The van der Waals surface area contributed by atoms with Crippen LogP contribution in [0.1, 0.15) is 44.9 Å². The third-order valence-corrected chi connectivity index (χ3v) is 10.5. The summed E-state index contributed by atoms with van der Waals surface area (Å²) in [4.78, 5) is 12.4. The Labute approximate surface area is 257 Å². The molecular formula is C40H32N4. The zero-order valence-corrected chi connectivity index (χ0v) is 25.0. The van der Waals surface area contributed by atoms with E-state index < -0.39 is 0 Å². The molecule has 0 spiro atoms. The zero-order valence-electron chi connectivity index (χ0n) is 25.0. The molecule has 0 saturated carbocycles. The highest BCUT2D eigenvalue weighted by Gasteiger charge is 2.43. The number of anilines is 2. The van der Waals surface area contributed by atoms with Gasteiger partial charge in [0.15, 0.2) is 0 Å². The average molecular weight is 569 g/mol. The Hall–Kier alpha value is -4.96. The second-order valence-electron chi connectivity index (χ2n) is 13.0. The first kappa shape index (κ1) is 24.5. The Kier molecular flexibility index (Phi) is 4.89. The molecule has 6 aromatic rings. The van der Waals surface area contributed by atoms with E-state index >= 15 is 0 Å². The van der Waals surface area contributed by atoms with Gasteiger partial charge in [-0.15, -0.1) is 0 Å². The zero-order chi connectivity index (χ0) is 29.1.